The lowest BCUT2D eigenvalue weighted by atomic mass is 10.1. The first kappa shape index (κ1) is 19.1. The van der Waals surface area contributed by atoms with E-state index in [1.165, 1.54) is 0 Å². The first-order chi connectivity index (χ1) is 12.2. The van der Waals surface area contributed by atoms with Crippen molar-refractivity contribution in [3.8, 4) is 11.5 Å². The highest BCUT2D eigenvalue weighted by Gasteiger charge is 2.23. The highest BCUT2D eigenvalue weighted by atomic mass is 16.5. The summed E-state index contributed by atoms with van der Waals surface area (Å²) in [6.07, 6.45) is 4.28. The van der Waals surface area contributed by atoms with Gasteiger partial charge in [-0.15, -0.1) is 0 Å². The molecule has 0 radical (unpaired) electrons. The third-order valence-corrected chi connectivity index (χ3v) is 3.97. The number of ether oxygens (including phenoxy) is 2. The number of nitrogens with one attached hydrogen (secondary N) is 2. The summed E-state index contributed by atoms with van der Waals surface area (Å²) in [4.78, 5) is 24.5. The van der Waals surface area contributed by atoms with Gasteiger partial charge in [0, 0.05) is 12.1 Å². The molecule has 1 aliphatic rings. The van der Waals surface area contributed by atoms with Gasteiger partial charge in [0.05, 0.1) is 13.2 Å². The van der Waals surface area contributed by atoms with Crippen LogP contribution in [0.3, 0.4) is 0 Å². The number of amides is 2. The normalized spacial score (nSPS) is 17.4. The highest BCUT2D eigenvalue weighted by Crippen LogP contribution is 2.29. The predicted octanol–water partition coefficient (Wildman–Crippen LogP) is 2.66. The monoisotopic (exact) mass is 348 g/mol. The van der Waals surface area contributed by atoms with Gasteiger partial charge < -0.3 is 20.1 Å². The third-order valence-electron chi connectivity index (χ3n) is 3.97. The first-order valence-electron chi connectivity index (χ1n) is 9.14. The average molecular weight is 348 g/mol. The lowest BCUT2D eigenvalue weighted by Gasteiger charge is -2.17. The van der Waals surface area contributed by atoms with Crippen LogP contribution in [0, 0.1) is 0 Å². The molecule has 6 nitrogen and oxygen atoms in total. The summed E-state index contributed by atoms with van der Waals surface area (Å²) in [6.45, 7) is 5.87. The van der Waals surface area contributed by atoms with Crippen molar-refractivity contribution in [1.29, 1.82) is 0 Å². The molecule has 2 amide bonds. The zero-order chi connectivity index (χ0) is 18.1. The molecule has 1 atom stereocenters. The summed E-state index contributed by atoms with van der Waals surface area (Å²) in [6, 6.07) is 4.66. The van der Waals surface area contributed by atoms with E-state index in [1.54, 1.807) is 18.2 Å². The molecule has 25 heavy (non-hydrogen) atoms. The standard InChI is InChI=1S/C19H28N2O4/c1-3-11-24-16-9-8-14(13-17(16)25-12-4-2)18(22)21-15-7-5-6-10-20-19(15)23/h8-9,13,15H,3-7,10-12H2,1-2H3,(H,20,23)(H,21,22). The van der Waals surface area contributed by atoms with Crippen molar-refractivity contribution in [2.24, 2.45) is 0 Å². The molecule has 1 heterocycles. The van der Waals surface area contributed by atoms with Gasteiger partial charge in [-0.05, 0) is 50.3 Å². The van der Waals surface area contributed by atoms with E-state index < -0.39 is 6.04 Å². The average Bonchev–Trinajstić information content (AvgIpc) is 2.83. The van der Waals surface area contributed by atoms with Crippen LogP contribution in [-0.4, -0.2) is 37.6 Å². The summed E-state index contributed by atoms with van der Waals surface area (Å²) >= 11 is 0. The Balaban J connectivity index is 2.10. The van der Waals surface area contributed by atoms with Gasteiger partial charge in [-0.1, -0.05) is 13.8 Å². The van der Waals surface area contributed by atoms with Gasteiger partial charge in [-0.2, -0.15) is 0 Å². The summed E-state index contributed by atoms with van der Waals surface area (Å²) in [5, 5.41) is 5.65. The zero-order valence-corrected chi connectivity index (χ0v) is 15.1. The Morgan fingerprint density at radius 2 is 1.88 bits per heavy atom. The maximum atomic E-state index is 12.5. The summed E-state index contributed by atoms with van der Waals surface area (Å²) < 4.78 is 11.4. The molecule has 0 bridgehead atoms. The maximum Gasteiger partial charge on any atom is 0.252 e. The fourth-order valence-electron chi connectivity index (χ4n) is 2.62. The number of hydrogen-bond acceptors (Lipinski definition) is 4. The van der Waals surface area contributed by atoms with Crippen LogP contribution < -0.4 is 20.1 Å². The minimum atomic E-state index is -0.481. The van der Waals surface area contributed by atoms with Crippen LogP contribution >= 0.6 is 0 Å². The molecule has 2 N–H and O–H groups in total. The number of carbonyl (C=O) groups excluding carboxylic acids is 2. The number of benzene rings is 1. The predicted molar refractivity (Wildman–Crippen MR) is 96.1 cm³/mol. The minimum absolute atomic E-state index is 0.115. The second-order valence-electron chi connectivity index (χ2n) is 6.17. The van der Waals surface area contributed by atoms with Crippen molar-refractivity contribution in [1.82, 2.24) is 10.6 Å². The van der Waals surface area contributed by atoms with Gasteiger partial charge in [0.25, 0.3) is 5.91 Å². The maximum absolute atomic E-state index is 12.5. The second-order valence-corrected chi connectivity index (χ2v) is 6.17. The number of hydrogen-bond donors (Lipinski definition) is 2. The molecule has 138 valence electrons. The van der Waals surface area contributed by atoms with Crippen LogP contribution in [0.2, 0.25) is 0 Å². The van der Waals surface area contributed by atoms with Crippen LogP contribution in [-0.2, 0) is 4.79 Å². The fourth-order valence-corrected chi connectivity index (χ4v) is 2.62. The third kappa shape index (κ3) is 5.66. The molecule has 2 rings (SSSR count). The zero-order valence-electron chi connectivity index (χ0n) is 15.1. The van der Waals surface area contributed by atoms with Crippen LogP contribution in [0.5, 0.6) is 11.5 Å². The quantitative estimate of drug-likeness (QED) is 0.757. The van der Waals surface area contributed by atoms with E-state index in [4.69, 9.17) is 9.47 Å². The van der Waals surface area contributed by atoms with E-state index in [0.29, 0.717) is 43.2 Å². The molecule has 6 heteroatoms. The van der Waals surface area contributed by atoms with Crippen molar-refractivity contribution in [3.63, 3.8) is 0 Å². The molecule has 0 saturated carbocycles. The van der Waals surface area contributed by atoms with E-state index >= 15 is 0 Å². The van der Waals surface area contributed by atoms with Gasteiger partial charge in [0.15, 0.2) is 11.5 Å². The molecular weight excluding hydrogens is 320 g/mol. The molecule has 0 aliphatic carbocycles. The highest BCUT2D eigenvalue weighted by molar-refractivity contribution is 5.98. The van der Waals surface area contributed by atoms with Gasteiger partial charge in [-0.25, -0.2) is 0 Å². The van der Waals surface area contributed by atoms with E-state index in [2.05, 4.69) is 10.6 Å². The summed E-state index contributed by atoms with van der Waals surface area (Å²) in [5.41, 5.74) is 0.465. The number of carbonyl (C=O) groups is 2. The van der Waals surface area contributed by atoms with Gasteiger partial charge >= 0.3 is 0 Å². The van der Waals surface area contributed by atoms with Crippen molar-refractivity contribution in [2.45, 2.75) is 52.0 Å². The first-order valence-corrected chi connectivity index (χ1v) is 9.14. The van der Waals surface area contributed by atoms with Crippen LogP contribution in [0.1, 0.15) is 56.3 Å². The van der Waals surface area contributed by atoms with E-state index in [0.717, 1.165) is 25.7 Å². The van der Waals surface area contributed by atoms with Crippen molar-refractivity contribution >= 4 is 11.8 Å². The van der Waals surface area contributed by atoms with Crippen LogP contribution in [0.15, 0.2) is 18.2 Å². The smallest absolute Gasteiger partial charge is 0.252 e. The van der Waals surface area contributed by atoms with Crippen LogP contribution in [0.4, 0.5) is 0 Å². The fraction of sp³-hybridized carbons (Fsp3) is 0.579. The largest absolute Gasteiger partial charge is 0.490 e. The summed E-state index contributed by atoms with van der Waals surface area (Å²) in [5.74, 6) is 0.814. The second kappa shape index (κ2) is 9.91. The molecule has 1 saturated heterocycles. The van der Waals surface area contributed by atoms with Gasteiger partial charge in [0.1, 0.15) is 6.04 Å². The van der Waals surface area contributed by atoms with Crippen molar-refractivity contribution in [2.75, 3.05) is 19.8 Å². The SMILES string of the molecule is CCCOc1ccc(C(=O)NC2CCCCNC2=O)cc1OCCC. The van der Waals surface area contributed by atoms with Crippen molar-refractivity contribution < 1.29 is 19.1 Å². The lowest BCUT2D eigenvalue weighted by molar-refractivity contribution is -0.122. The van der Waals surface area contributed by atoms with E-state index in [-0.39, 0.29) is 11.8 Å². The minimum Gasteiger partial charge on any atom is -0.490 e. The Morgan fingerprint density at radius 3 is 2.60 bits per heavy atom. The Kier molecular flexibility index (Phi) is 7.57. The topological polar surface area (TPSA) is 76.7 Å². The molecule has 0 spiro atoms. The Labute approximate surface area is 149 Å². The Morgan fingerprint density at radius 1 is 1.16 bits per heavy atom. The molecule has 1 unspecified atom stereocenters. The van der Waals surface area contributed by atoms with Crippen molar-refractivity contribution in [3.05, 3.63) is 23.8 Å². The molecular formula is C19H28N2O4. The molecule has 1 aromatic carbocycles. The van der Waals surface area contributed by atoms with Gasteiger partial charge in [0.2, 0.25) is 5.91 Å². The molecule has 1 fully saturated rings. The Hall–Kier alpha value is -2.24. The lowest BCUT2D eigenvalue weighted by Crippen LogP contribution is -2.45. The Bertz CT molecular complexity index is 589. The number of rotatable bonds is 8. The van der Waals surface area contributed by atoms with Crippen LogP contribution in [0.25, 0.3) is 0 Å². The summed E-state index contributed by atoms with van der Waals surface area (Å²) in [7, 11) is 0. The molecule has 1 aromatic rings. The van der Waals surface area contributed by atoms with Gasteiger partial charge in [-0.3, -0.25) is 9.59 Å². The van der Waals surface area contributed by atoms with E-state index in [9.17, 15) is 9.59 Å². The molecule has 0 aromatic heterocycles. The molecule has 1 aliphatic heterocycles. The van der Waals surface area contributed by atoms with E-state index in [1.807, 2.05) is 13.8 Å².